The van der Waals surface area contributed by atoms with Crippen LogP contribution >= 0.6 is 11.3 Å². The quantitative estimate of drug-likeness (QED) is 0.570. The van der Waals surface area contributed by atoms with Crippen LogP contribution in [0.15, 0.2) is 4.21 Å². The minimum absolute atomic E-state index is 0.0430. The number of sulfonamides is 1. The van der Waals surface area contributed by atoms with Crippen LogP contribution in [0.25, 0.3) is 0 Å². The highest BCUT2D eigenvalue weighted by molar-refractivity contribution is 7.91. The molecule has 11 heteroatoms. The molecule has 4 N–H and O–H groups in total. The highest BCUT2D eigenvalue weighted by atomic mass is 32.2. The summed E-state index contributed by atoms with van der Waals surface area (Å²) in [5.74, 6) is -1.32. The molecule has 0 spiro atoms. The van der Waals surface area contributed by atoms with Crippen molar-refractivity contribution in [2.24, 2.45) is 5.73 Å². The van der Waals surface area contributed by atoms with Gasteiger partial charge in [-0.1, -0.05) is 0 Å². The average molecular weight is 389 g/mol. The Balaban J connectivity index is 2.12. The molecular weight excluding hydrogens is 370 g/mol. The highest BCUT2D eigenvalue weighted by Gasteiger charge is 2.46. The largest absolute Gasteiger partial charge is 0.392 e. The number of hydrogen-bond donors (Lipinski definition) is 3. The number of carbonyl (C=O) groups excluding carboxylic acids is 2. The number of morpholine rings is 1. The number of thiophene rings is 1. The Hall–Kier alpha value is -1.53. The number of nitrogens with zero attached hydrogens (tertiary/aromatic N) is 1. The van der Waals surface area contributed by atoms with Gasteiger partial charge in [-0.25, -0.2) is 8.42 Å². The molecule has 2 aliphatic rings. The molecular formula is C14H19N3O6S2. The summed E-state index contributed by atoms with van der Waals surface area (Å²) < 4.78 is 32.8. The summed E-state index contributed by atoms with van der Waals surface area (Å²) in [4.78, 5) is 22.7. The maximum absolute atomic E-state index is 13.1. The zero-order chi connectivity index (χ0) is 18.4. The van der Waals surface area contributed by atoms with Crippen LogP contribution in [0.1, 0.15) is 35.2 Å². The van der Waals surface area contributed by atoms with E-state index in [1.165, 1.54) is 4.31 Å². The first-order chi connectivity index (χ1) is 11.8. The van der Waals surface area contributed by atoms with Crippen molar-refractivity contribution < 1.29 is 27.9 Å². The van der Waals surface area contributed by atoms with Gasteiger partial charge in [0.1, 0.15) is 9.21 Å². The van der Waals surface area contributed by atoms with Crippen molar-refractivity contribution in [1.82, 2.24) is 4.31 Å². The number of rotatable bonds is 6. The molecule has 1 aliphatic heterocycles. The summed E-state index contributed by atoms with van der Waals surface area (Å²) in [6.45, 7) is 2.43. The zero-order valence-electron chi connectivity index (χ0n) is 13.5. The molecule has 0 bridgehead atoms. The maximum atomic E-state index is 13.1. The second-order valence-electron chi connectivity index (χ2n) is 6.09. The van der Waals surface area contributed by atoms with E-state index in [0.29, 0.717) is 12.8 Å². The maximum Gasteiger partial charge on any atom is 0.253 e. The minimum Gasteiger partial charge on any atom is -0.392 e. The van der Waals surface area contributed by atoms with Crippen LogP contribution in [0.3, 0.4) is 0 Å². The lowest BCUT2D eigenvalue weighted by Gasteiger charge is -2.30. The molecule has 3 rings (SSSR count). The van der Waals surface area contributed by atoms with Gasteiger partial charge < -0.3 is 20.9 Å². The molecule has 3 unspecified atom stereocenters. The highest BCUT2D eigenvalue weighted by Crippen LogP contribution is 2.50. The summed E-state index contributed by atoms with van der Waals surface area (Å²) >= 11 is 0.786. The molecule has 1 aromatic heterocycles. The molecule has 1 saturated carbocycles. The van der Waals surface area contributed by atoms with E-state index in [1.54, 1.807) is 6.92 Å². The number of nitrogens with two attached hydrogens (primary N) is 1. The molecule has 3 atom stereocenters. The molecule has 9 nitrogen and oxygen atoms in total. The normalized spacial score (nSPS) is 27.0. The van der Waals surface area contributed by atoms with Crippen LogP contribution in [-0.2, 0) is 19.6 Å². The van der Waals surface area contributed by atoms with Gasteiger partial charge in [-0.15, -0.1) is 11.3 Å². The molecule has 1 saturated heterocycles. The Bertz CT molecular complexity index is 806. The van der Waals surface area contributed by atoms with Crippen LogP contribution in [0.5, 0.6) is 0 Å². The summed E-state index contributed by atoms with van der Waals surface area (Å²) in [6.07, 6.45) is -0.269. The molecule has 0 aromatic carbocycles. The standard InChI is InChI=1S/C14H19N3O6S2/c1-7-5-17(2-3-23-7)25(21,22)14-10(8-4-9(8)19)11(12(15)20)13(24-14)16-6-18/h6-9,19H,2-5H2,1H3,(H2,15,20)(H,16,18). The number of nitrogens with one attached hydrogen (secondary N) is 1. The van der Waals surface area contributed by atoms with Gasteiger partial charge in [0.05, 0.1) is 24.4 Å². The molecule has 2 amide bonds. The molecule has 1 aromatic rings. The third-order valence-electron chi connectivity index (χ3n) is 4.25. The molecule has 0 radical (unpaired) electrons. The Labute approximate surface area is 148 Å². The topological polar surface area (TPSA) is 139 Å². The third kappa shape index (κ3) is 3.29. The third-order valence-corrected chi connectivity index (χ3v) is 7.77. The van der Waals surface area contributed by atoms with E-state index in [1.807, 2.05) is 0 Å². The van der Waals surface area contributed by atoms with E-state index in [4.69, 9.17) is 10.5 Å². The molecule has 1 aliphatic carbocycles. The van der Waals surface area contributed by atoms with Crippen molar-refractivity contribution >= 4 is 38.7 Å². The molecule has 25 heavy (non-hydrogen) atoms. The van der Waals surface area contributed by atoms with E-state index in [9.17, 15) is 23.1 Å². The van der Waals surface area contributed by atoms with Crippen LogP contribution in [0.4, 0.5) is 5.00 Å². The van der Waals surface area contributed by atoms with E-state index < -0.39 is 28.0 Å². The van der Waals surface area contributed by atoms with Gasteiger partial charge in [0.15, 0.2) is 0 Å². The smallest absolute Gasteiger partial charge is 0.253 e. The molecule has 138 valence electrons. The number of carbonyl (C=O) groups is 2. The predicted octanol–water partition coefficient (Wildman–Crippen LogP) is -0.327. The van der Waals surface area contributed by atoms with Crippen molar-refractivity contribution in [2.45, 2.75) is 35.7 Å². The summed E-state index contributed by atoms with van der Waals surface area (Å²) in [5, 5.41) is 12.2. The van der Waals surface area contributed by atoms with Gasteiger partial charge >= 0.3 is 0 Å². The van der Waals surface area contributed by atoms with Crippen LogP contribution in [-0.4, -0.2) is 62.1 Å². The van der Waals surface area contributed by atoms with Gasteiger partial charge in [0.25, 0.3) is 15.9 Å². The number of amides is 2. The van der Waals surface area contributed by atoms with Crippen molar-refractivity contribution in [3.63, 3.8) is 0 Å². The van der Waals surface area contributed by atoms with Gasteiger partial charge in [-0.3, -0.25) is 9.59 Å². The van der Waals surface area contributed by atoms with Crippen molar-refractivity contribution in [3.05, 3.63) is 11.1 Å². The van der Waals surface area contributed by atoms with E-state index in [2.05, 4.69) is 5.32 Å². The van der Waals surface area contributed by atoms with Gasteiger partial charge in [0.2, 0.25) is 6.41 Å². The van der Waals surface area contributed by atoms with E-state index in [-0.39, 0.29) is 46.1 Å². The second-order valence-corrected chi connectivity index (χ2v) is 9.24. The predicted molar refractivity (Wildman–Crippen MR) is 90.1 cm³/mol. The summed E-state index contributed by atoms with van der Waals surface area (Å²) in [7, 11) is -3.91. The summed E-state index contributed by atoms with van der Waals surface area (Å²) in [5.41, 5.74) is 5.57. The molecule has 2 heterocycles. The Morgan fingerprint density at radius 1 is 1.52 bits per heavy atom. The van der Waals surface area contributed by atoms with Crippen LogP contribution < -0.4 is 11.1 Å². The fraction of sp³-hybridized carbons (Fsp3) is 0.571. The minimum atomic E-state index is -3.91. The Morgan fingerprint density at radius 2 is 2.20 bits per heavy atom. The number of hydrogen-bond acceptors (Lipinski definition) is 7. The second kappa shape index (κ2) is 6.65. The van der Waals surface area contributed by atoms with Crippen molar-refractivity contribution in [1.29, 1.82) is 0 Å². The van der Waals surface area contributed by atoms with Gasteiger partial charge in [-0.05, 0) is 13.3 Å². The fourth-order valence-corrected chi connectivity index (χ4v) is 6.41. The van der Waals surface area contributed by atoms with Gasteiger partial charge in [0, 0.05) is 24.6 Å². The lowest BCUT2D eigenvalue weighted by molar-refractivity contribution is -0.105. The van der Waals surface area contributed by atoms with Crippen LogP contribution in [0, 0.1) is 0 Å². The van der Waals surface area contributed by atoms with Crippen molar-refractivity contribution in [3.8, 4) is 0 Å². The molecule has 2 fully saturated rings. The number of aliphatic hydroxyl groups excluding tert-OH is 1. The first-order valence-corrected chi connectivity index (χ1v) is 9.99. The monoisotopic (exact) mass is 389 g/mol. The van der Waals surface area contributed by atoms with E-state index in [0.717, 1.165) is 11.3 Å². The number of primary amides is 1. The Kier molecular flexibility index (Phi) is 4.86. The van der Waals surface area contributed by atoms with Gasteiger partial charge in [-0.2, -0.15) is 4.31 Å². The lowest BCUT2D eigenvalue weighted by atomic mass is 10.1. The number of ether oxygens (including phenoxy) is 1. The lowest BCUT2D eigenvalue weighted by Crippen LogP contribution is -2.44. The van der Waals surface area contributed by atoms with E-state index >= 15 is 0 Å². The zero-order valence-corrected chi connectivity index (χ0v) is 15.1. The Morgan fingerprint density at radius 3 is 2.72 bits per heavy atom. The first kappa shape index (κ1) is 18.3. The number of anilines is 1. The number of aliphatic hydroxyl groups is 1. The fourth-order valence-electron chi connectivity index (χ4n) is 2.97. The van der Waals surface area contributed by atoms with Crippen LogP contribution in [0.2, 0.25) is 0 Å². The van der Waals surface area contributed by atoms with Crippen molar-refractivity contribution in [2.75, 3.05) is 25.0 Å². The SMILES string of the molecule is CC1CN(S(=O)(=O)c2sc(NC=O)c(C(N)=O)c2C2CC2O)CCO1. The first-order valence-electron chi connectivity index (χ1n) is 7.73. The summed E-state index contributed by atoms with van der Waals surface area (Å²) in [6, 6.07) is 0. The average Bonchev–Trinajstić information content (AvgIpc) is 3.13.